The van der Waals surface area contributed by atoms with Gasteiger partial charge in [-0.05, 0) is 87.1 Å². The number of thiophene rings is 1. The van der Waals surface area contributed by atoms with Crippen molar-refractivity contribution < 1.29 is 37.1 Å². The zero-order valence-corrected chi connectivity index (χ0v) is 35.5. The number of sulfonamides is 1. The van der Waals surface area contributed by atoms with E-state index in [1.165, 1.54) is 28.5 Å². The van der Waals surface area contributed by atoms with Gasteiger partial charge in [0.05, 0.1) is 28.0 Å². The maximum absolute atomic E-state index is 14.8. The minimum atomic E-state index is -4.45. The van der Waals surface area contributed by atoms with Crippen molar-refractivity contribution in [2.24, 2.45) is 5.92 Å². The molecular weight excluding hydrogens is 831 g/mol. The van der Waals surface area contributed by atoms with Gasteiger partial charge in [-0.15, -0.1) is 11.3 Å². The van der Waals surface area contributed by atoms with E-state index in [2.05, 4.69) is 20.3 Å². The first kappa shape index (κ1) is 41.4. The molecule has 1 unspecified atom stereocenters. The smallest absolute Gasteiger partial charge is 0.408 e. The van der Waals surface area contributed by atoms with Crippen molar-refractivity contribution in [3.8, 4) is 16.5 Å². The van der Waals surface area contributed by atoms with Crippen LogP contribution >= 0.6 is 11.3 Å². The molecule has 4 amide bonds. The number of aromatic nitrogens is 3. The Balaban J connectivity index is 1.03. The minimum Gasteiger partial charge on any atom is -0.471 e. The Morgan fingerprint density at radius 3 is 2.48 bits per heavy atom. The van der Waals surface area contributed by atoms with E-state index >= 15 is 0 Å². The van der Waals surface area contributed by atoms with Crippen molar-refractivity contribution in [2.45, 2.75) is 105 Å². The molecule has 2 saturated carbocycles. The summed E-state index contributed by atoms with van der Waals surface area (Å²) in [5.41, 5.74) is 0.353. The molecule has 17 heteroatoms. The van der Waals surface area contributed by atoms with Crippen molar-refractivity contribution in [1.29, 1.82) is 0 Å². The third kappa shape index (κ3) is 8.60. The fourth-order valence-corrected chi connectivity index (χ4v) is 10.8. The van der Waals surface area contributed by atoms with Gasteiger partial charge in [0.1, 0.15) is 40.4 Å². The van der Waals surface area contributed by atoms with Gasteiger partial charge in [-0.3, -0.25) is 19.4 Å². The summed E-state index contributed by atoms with van der Waals surface area (Å²) in [6.07, 6.45) is 10.3. The van der Waals surface area contributed by atoms with E-state index < -0.39 is 63.5 Å². The Labute approximate surface area is 362 Å². The number of hydrogen-bond donors (Lipinski definition) is 3. The molecule has 2 aliphatic heterocycles. The fourth-order valence-electron chi connectivity index (χ4n) is 8.86. The number of ether oxygens (including phenoxy) is 2. The molecule has 0 bridgehead atoms. The summed E-state index contributed by atoms with van der Waals surface area (Å²) in [4.78, 5) is 73.2. The van der Waals surface area contributed by atoms with Gasteiger partial charge in [-0.1, -0.05) is 61.4 Å². The molecule has 3 aromatic heterocycles. The molecule has 0 spiro atoms. The van der Waals surface area contributed by atoms with Crippen LogP contribution in [0.25, 0.3) is 32.5 Å². The number of alkyl carbamates (subject to hydrolysis) is 1. The van der Waals surface area contributed by atoms with Gasteiger partial charge in [-0.2, -0.15) is 0 Å². The highest BCUT2D eigenvalue weighted by molar-refractivity contribution is 7.90. The largest absolute Gasteiger partial charge is 0.471 e. The average molecular weight is 878 g/mol. The summed E-state index contributed by atoms with van der Waals surface area (Å²) in [6.45, 7) is -0.0455. The first-order valence-electron chi connectivity index (χ1n) is 21.2. The van der Waals surface area contributed by atoms with E-state index in [9.17, 15) is 27.6 Å². The molecule has 9 rings (SSSR count). The second-order valence-electron chi connectivity index (χ2n) is 16.4. The van der Waals surface area contributed by atoms with Gasteiger partial charge in [0, 0.05) is 23.9 Å². The normalized spacial score (nSPS) is 25.2. The van der Waals surface area contributed by atoms with E-state index in [1.807, 2.05) is 53.9 Å². The molecule has 0 radical (unpaired) electrons. The van der Waals surface area contributed by atoms with Crippen LogP contribution in [-0.4, -0.2) is 88.5 Å². The summed E-state index contributed by atoms with van der Waals surface area (Å²) >= 11 is 1.47. The molecule has 62 heavy (non-hydrogen) atoms. The minimum absolute atomic E-state index is 0.00732. The third-order valence-electron chi connectivity index (χ3n) is 12.2. The van der Waals surface area contributed by atoms with Crippen molar-refractivity contribution in [2.75, 3.05) is 6.54 Å². The van der Waals surface area contributed by atoms with Crippen molar-refractivity contribution in [3.05, 3.63) is 90.5 Å². The molecule has 5 atom stereocenters. The summed E-state index contributed by atoms with van der Waals surface area (Å²) in [5, 5.41) is 8.25. The lowest BCUT2D eigenvalue weighted by molar-refractivity contribution is -0.141. The SMILES string of the molecule is O=C(N[C@@H]1CCCCC/C=C/C2C[C@@]2(C(=O)NS(=O)(=O)c2cccc3cccnc23)NC(=O)[C@@H]2C[C@@H](Oc3nc4ccccc4nc3-c3cccs3)CN2C1=O)OC1CCCC1. The van der Waals surface area contributed by atoms with Crippen LogP contribution in [-0.2, 0) is 29.1 Å². The Morgan fingerprint density at radius 2 is 1.68 bits per heavy atom. The summed E-state index contributed by atoms with van der Waals surface area (Å²) in [5.74, 6) is -2.34. The Bertz CT molecular complexity index is 2650. The average Bonchev–Trinajstić information content (AvgIpc) is 3.76. The highest BCUT2D eigenvalue weighted by Gasteiger charge is 2.62. The maximum Gasteiger partial charge on any atom is 0.408 e. The fraction of sp³-hybridized carbons (Fsp3) is 0.400. The van der Waals surface area contributed by atoms with Crippen molar-refractivity contribution in [1.82, 2.24) is 35.2 Å². The molecule has 5 aromatic rings. The summed E-state index contributed by atoms with van der Waals surface area (Å²) in [6, 6.07) is 17.1. The van der Waals surface area contributed by atoms with Gasteiger partial charge >= 0.3 is 6.09 Å². The quantitative estimate of drug-likeness (QED) is 0.150. The van der Waals surface area contributed by atoms with Gasteiger partial charge in [0.2, 0.25) is 17.7 Å². The number of allylic oxidation sites excluding steroid dienone is 1. The van der Waals surface area contributed by atoms with Crippen LogP contribution in [0.3, 0.4) is 0 Å². The number of benzene rings is 2. The molecule has 4 aliphatic rings. The zero-order valence-electron chi connectivity index (χ0n) is 33.9. The number of nitrogens with zero attached hydrogens (tertiary/aromatic N) is 4. The molecule has 2 aliphatic carbocycles. The molecule has 15 nitrogen and oxygen atoms in total. The number of fused-ring (bicyclic) bond motifs is 4. The maximum atomic E-state index is 14.8. The summed E-state index contributed by atoms with van der Waals surface area (Å²) < 4.78 is 42.3. The Morgan fingerprint density at radius 1 is 0.887 bits per heavy atom. The van der Waals surface area contributed by atoms with Crippen LogP contribution < -0.4 is 20.1 Å². The Kier molecular flexibility index (Phi) is 11.6. The highest BCUT2D eigenvalue weighted by atomic mass is 32.2. The van der Waals surface area contributed by atoms with E-state index in [0.717, 1.165) is 43.4 Å². The predicted octanol–water partition coefficient (Wildman–Crippen LogP) is 6.19. The second kappa shape index (κ2) is 17.4. The number of rotatable bonds is 8. The monoisotopic (exact) mass is 877 g/mol. The highest BCUT2D eigenvalue weighted by Crippen LogP contribution is 2.46. The summed E-state index contributed by atoms with van der Waals surface area (Å²) in [7, 11) is -4.45. The van der Waals surface area contributed by atoms with Crippen LogP contribution in [0.15, 0.2) is 95.4 Å². The number of amides is 4. The van der Waals surface area contributed by atoms with Crippen molar-refractivity contribution in [3.63, 3.8) is 0 Å². The molecule has 5 heterocycles. The number of para-hydroxylation sites is 3. The van der Waals surface area contributed by atoms with Crippen LogP contribution in [0.2, 0.25) is 0 Å². The lowest BCUT2D eigenvalue weighted by Gasteiger charge is -2.30. The van der Waals surface area contributed by atoms with Gasteiger partial charge in [-0.25, -0.2) is 27.9 Å². The van der Waals surface area contributed by atoms with Crippen molar-refractivity contribution >= 4 is 67.1 Å². The standard InChI is InChI=1S/C45H47N7O8S2/c53-40-35-25-31(59-41-39(36-21-12-24-61-36)47-32-18-8-9-19-33(32)48-41)27-52(35)42(54)34(49-44(56)60-30-16-6-7-17-30)20-5-3-1-2-4-15-29-26-45(29,50-40)43(55)51-62(57,58)37-22-10-13-28-14-11-23-46-38(28)37/h4,8-15,18-19,21-24,29-31,34-35H,1-3,5-7,16-17,20,25-27H2,(H,49,56)(H,50,53)(H,51,55)/b15-4+/t29?,31-,34-,35+,45-/m1/s1. The van der Waals surface area contributed by atoms with Crippen LogP contribution in [0.5, 0.6) is 5.88 Å². The van der Waals surface area contributed by atoms with Gasteiger partial charge in [0.25, 0.3) is 15.9 Å². The number of pyridine rings is 1. The van der Waals surface area contributed by atoms with Gasteiger partial charge < -0.3 is 25.0 Å². The van der Waals surface area contributed by atoms with E-state index in [0.29, 0.717) is 41.4 Å². The molecular formula is C45H47N7O8S2. The molecule has 3 N–H and O–H groups in total. The van der Waals surface area contributed by atoms with Gasteiger partial charge in [0.15, 0.2) is 0 Å². The number of carbonyl (C=O) groups excluding carboxylic acids is 4. The number of nitrogens with one attached hydrogen (secondary N) is 3. The molecule has 1 saturated heterocycles. The van der Waals surface area contributed by atoms with Crippen LogP contribution in [0.4, 0.5) is 4.79 Å². The van der Waals surface area contributed by atoms with Crippen LogP contribution in [0, 0.1) is 5.92 Å². The Hall–Kier alpha value is -5.94. The molecule has 322 valence electrons. The first-order valence-corrected chi connectivity index (χ1v) is 23.6. The number of carbonyl (C=O) groups is 4. The van der Waals surface area contributed by atoms with Crippen LogP contribution in [0.1, 0.15) is 70.6 Å². The predicted molar refractivity (Wildman–Crippen MR) is 231 cm³/mol. The lowest BCUT2D eigenvalue weighted by atomic mass is 10.0. The molecule has 2 aromatic carbocycles. The lowest BCUT2D eigenvalue weighted by Crippen LogP contribution is -2.58. The third-order valence-corrected chi connectivity index (χ3v) is 14.4. The second-order valence-corrected chi connectivity index (χ2v) is 19.0. The van der Waals surface area contributed by atoms with E-state index in [-0.39, 0.29) is 41.8 Å². The van der Waals surface area contributed by atoms with E-state index in [1.54, 1.807) is 24.3 Å². The molecule has 3 fully saturated rings. The first-order chi connectivity index (χ1) is 30.1. The zero-order chi connectivity index (χ0) is 42.8. The number of hydrogen-bond acceptors (Lipinski definition) is 12. The topological polar surface area (TPSA) is 199 Å². The van der Waals surface area contributed by atoms with E-state index in [4.69, 9.17) is 19.4 Å².